The van der Waals surface area contributed by atoms with Crippen LogP contribution in [0.15, 0.2) is 4.52 Å². The van der Waals surface area contributed by atoms with Crippen LogP contribution in [0.25, 0.3) is 0 Å². The van der Waals surface area contributed by atoms with Gasteiger partial charge in [0, 0.05) is 6.92 Å². The van der Waals surface area contributed by atoms with Crippen molar-refractivity contribution in [3.05, 3.63) is 11.7 Å². The molecule has 0 aliphatic heterocycles. The quantitative estimate of drug-likeness (QED) is 0.860. The fourth-order valence-corrected chi connectivity index (χ4v) is 2.16. The molecule has 1 aliphatic carbocycles. The minimum Gasteiger partial charge on any atom is -0.347 e. The number of nitrogens with two attached hydrogens (primary N) is 1. The first kappa shape index (κ1) is 14.9. The largest absolute Gasteiger partial charge is 0.347 e. The van der Waals surface area contributed by atoms with Crippen LogP contribution in [0.2, 0.25) is 0 Å². The normalized spacial score (nSPS) is 17.9. The number of hydrogen-bond acceptors (Lipinski definition) is 5. The molecule has 1 saturated carbocycles. The van der Waals surface area contributed by atoms with Crippen molar-refractivity contribution in [2.24, 2.45) is 5.73 Å². The molecule has 3 N–H and O–H groups in total. The third kappa shape index (κ3) is 3.43. The average molecular weight is 275 g/mol. The molecule has 0 atom stereocenters. The van der Waals surface area contributed by atoms with Gasteiger partial charge in [-0.25, -0.2) is 0 Å². The van der Waals surface area contributed by atoms with Gasteiger partial charge in [0.1, 0.15) is 0 Å². The van der Waals surface area contributed by atoms with Crippen LogP contribution >= 0.6 is 12.4 Å². The van der Waals surface area contributed by atoms with Crippen molar-refractivity contribution in [1.29, 1.82) is 0 Å². The van der Waals surface area contributed by atoms with Crippen LogP contribution in [0, 0.1) is 6.92 Å². The van der Waals surface area contributed by atoms with Gasteiger partial charge in [-0.3, -0.25) is 4.79 Å². The summed E-state index contributed by atoms with van der Waals surface area (Å²) in [7, 11) is 0. The summed E-state index contributed by atoms with van der Waals surface area (Å²) in [6, 6.07) is 0. The minimum absolute atomic E-state index is 0. The van der Waals surface area contributed by atoms with Crippen molar-refractivity contribution in [3.8, 4) is 0 Å². The molecule has 1 amide bonds. The van der Waals surface area contributed by atoms with Crippen molar-refractivity contribution in [2.45, 2.75) is 51.1 Å². The number of amides is 1. The van der Waals surface area contributed by atoms with Gasteiger partial charge < -0.3 is 15.6 Å². The zero-order chi connectivity index (χ0) is 12.3. The maximum absolute atomic E-state index is 12.0. The van der Waals surface area contributed by atoms with Crippen LogP contribution in [0.1, 0.15) is 43.8 Å². The SMILES string of the molecule is Cc1nc(CNC(=O)C2(N)CCCCC2)no1.Cl. The minimum atomic E-state index is -0.711. The standard InChI is InChI=1S/C11H18N4O2.ClH/c1-8-14-9(15-17-8)7-13-10(16)11(12)5-3-2-4-6-11;/h2-7,12H2,1H3,(H,13,16);1H. The molecule has 102 valence electrons. The lowest BCUT2D eigenvalue weighted by molar-refractivity contribution is -0.127. The highest BCUT2D eigenvalue weighted by molar-refractivity contribution is 5.86. The van der Waals surface area contributed by atoms with Crippen LogP contribution in [-0.4, -0.2) is 21.6 Å². The van der Waals surface area contributed by atoms with E-state index >= 15 is 0 Å². The van der Waals surface area contributed by atoms with E-state index in [1.807, 2.05) is 0 Å². The number of aromatic nitrogens is 2. The van der Waals surface area contributed by atoms with Crippen LogP contribution in [-0.2, 0) is 11.3 Å². The topological polar surface area (TPSA) is 94.0 Å². The van der Waals surface area contributed by atoms with Gasteiger partial charge in [0.2, 0.25) is 11.8 Å². The first-order valence-corrected chi connectivity index (χ1v) is 5.96. The number of nitrogens with one attached hydrogen (secondary N) is 1. The molecule has 2 rings (SSSR count). The number of rotatable bonds is 3. The Hall–Kier alpha value is -1.14. The summed E-state index contributed by atoms with van der Waals surface area (Å²) in [6.45, 7) is 1.99. The highest BCUT2D eigenvalue weighted by Crippen LogP contribution is 2.25. The number of halogens is 1. The van der Waals surface area contributed by atoms with Crippen molar-refractivity contribution < 1.29 is 9.32 Å². The molecule has 1 aliphatic rings. The predicted molar refractivity (Wildman–Crippen MR) is 68.1 cm³/mol. The molecule has 18 heavy (non-hydrogen) atoms. The number of aryl methyl sites for hydroxylation is 1. The Bertz CT molecular complexity index is 402. The third-order valence-corrected chi connectivity index (χ3v) is 3.17. The van der Waals surface area contributed by atoms with Crippen molar-refractivity contribution >= 4 is 18.3 Å². The second-order valence-electron chi connectivity index (χ2n) is 4.63. The van der Waals surface area contributed by atoms with Crippen LogP contribution in [0.4, 0.5) is 0 Å². The van der Waals surface area contributed by atoms with E-state index in [0.29, 0.717) is 11.7 Å². The molecule has 0 spiro atoms. The summed E-state index contributed by atoms with van der Waals surface area (Å²) in [5, 5.41) is 6.49. The molecule has 1 heterocycles. The summed E-state index contributed by atoms with van der Waals surface area (Å²) in [5.41, 5.74) is 5.38. The predicted octanol–water partition coefficient (Wildman–Crippen LogP) is 1.08. The Kier molecular flexibility index (Phi) is 5.10. The summed E-state index contributed by atoms with van der Waals surface area (Å²) in [4.78, 5) is 16.0. The highest BCUT2D eigenvalue weighted by atomic mass is 35.5. The van der Waals surface area contributed by atoms with E-state index in [-0.39, 0.29) is 24.9 Å². The van der Waals surface area contributed by atoms with E-state index in [0.717, 1.165) is 32.1 Å². The molecule has 0 aromatic carbocycles. The van der Waals surface area contributed by atoms with Gasteiger partial charge in [0.15, 0.2) is 5.82 Å². The van der Waals surface area contributed by atoms with E-state index in [1.165, 1.54) is 0 Å². The fraction of sp³-hybridized carbons (Fsp3) is 0.727. The Labute approximate surface area is 112 Å². The average Bonchev–Trinajstić information content (AvgIpc) is 2.73. The van der Waals surface area contributed by atoms with Crippen LogP contribution in [0.5, 0.6) is 0 Å². The third-order valence-electron chi connectivity index (χ3n) is 3.17. The molecule has 1 fully saturated rings. The monoisotopic (exact) mass is 274 g/mol. The summed E-state index contributed by atoms with van der Waals surface area (Å²) < 4.78 is 4.82. The van der Waals surface area contributed by atoms with E-state index in [9.17, 15) is 4.79 Å². The van der Waals surface area contributed by atoms with Crippen LogP contribution in [0.3, 0.4) is 0 Å². The molecular formula is C11H19ClN4O2. The van der Waals surface area contributed by atoms with Gasteiger partial charge in [-0.05, 0) is 12.8 Å². The second kappa shape index (κ2) is 6.15. The van der Waals surface area contributed by atoms with E-state index in [2.05, 4.69) is 15.5 Å². The van der Waals surface area contributed by atoms with Gasteiger partial charge in [0.25, 0.3) is 0 Å². The van der Waals surface area contributed by atoms with E-state index in [4.69, 9.17) is 10.3 Å². The molecule has 7 heteroatoms. The molecule has 6 nitrogen and oxygen atoms in total. The number of hydrogen-bond donors (Lipinski definition) is 2. The molecule has 1 aromatic rings. The Morgan fingerprint density at radius 2 is 2.11 bits per heavy atom. The molecule has 0 radical (unpaired) electrons. The van der Waals surface area contributed by atoms with Gasteiger partial charge in [-0.2, -0.15) is 4.98 Å². The van der Waals surface area contributed by atoms with Crippen molar-refractivity contribution in [1.82, 2.24) is 15.5 Å². The van der Waals surface area contributed by atoms with Crippen LogP contribution < -0.4 is 11.1 Å². The number of carbonyl (C=O) groups is 1. The van der Waals surface area contributed by atoms with Crippen molar-refractivity contribution in [3.63, 3.8) is 0 Å². The Balaban J connectivity index is 0.00000162. The summed E-state index contributed by atoms with van der Waals surface area (Å²) >= 11 is 0. The molecule has 0 saturated heterocycles. The fourth-order valence-electron chi connectivity index (χ4n) is 2.16. The van der Waals surface area contributed by atoms with Gasteiger partial charge >= 0.3 is 0 Å². The van der Waals surface area contributed by atoms with Gasteiger partial charge in [0.05, 0.1) is 12.1 Å². The maximum atomic E-state index is 12.0. The Morgan fingerprint density at radius 1 is 1.44 bits per heavy atom. The van der Waals surface area contributed by atoms with E-state index < -0.39 is 5.54 Å². The first-order chi connectivity index (χ1) is 8.10. The maximum Gasteiger partial charge on any atom is 0.240 e. The highest BCUT2D eigenvalue weighted by Gasteiger charge is 2.35. The summed E-state index contributed by atoms with van der Waals surface area (Å²) in [5.74, 6) is 0.865. The molecule has 1 aromatic heterocycles. The lowest BCUT2D eigenvalue weighted by atomic mass is 9.82. The van der Waals surface area contributed by atoms with E-state index in [1.54, 1.807) is 6.92 Å². The molecule has 0 unspecified atom stereocenters. The lowest BCUT2D eigenvalue weighted by Crippen LogP contribution is -2.54. The first-order valence-electron chi connectivity index (χ1n) is 5.96. The summed E-state index contributed by atoms with van der Waals surface area (Å²) in [6.07, 6.45) is 4.71. The number of carbonyl (C=O) groups excluding carboxylic acids is 1. The van der Waals surface area contributed by atoms with Gasteiger partial charge in [-0.15, -0.1) is 12.4 Å². The lowest BCUT2D eigenvalue weighted by Gasteiger charge is -2.31. The zero-order valence-corrected chi connectivity index (χ0v) is 11.3. The molecular weight excluding hydrogens is 256 g/mol. The number of nitrogens with zero attached hydrogens (tertiary/aromatic N) is 2. The molecule has 0 bridgehead atoms. The Morgan fingerprint density at radius 3 is 2.67 bits per heavy atom. The second-order valence-corrected chi connectivity index (χ2v) is 4.63. The van der Waals surface area contributed by atoms with Gasteiger partial charge in [-0.1, -0.05) is 24.4 Å². The smallest absolute Gasteiger partial charge is 0.240 e. The zero-order valence-electron chi connectivity index (χ0n) is 10.4. The van der Waals surface area contributed by atoms with Crippen molar-refractivity contribution in [2.75, 3.05) is 0 Å².